The predicted octanol–water partition coefficient (Wildman–Crippen LogP) is 14.6. The summed E-state index contributed by atoms with van der Waals surface area (Å²) in [5, 5.41) is 1.13. The van der Waals surface area contributed by atoms with Gasteiger partial charge in [-0.3, -0.25) is 9.97 Å². The smallest absolute Gasteiger partial charge is 0.0881 e. The molecule has 317 valence electrons. The van der Waals surface area contributed by atoms with Crippen molar-refractivity contribution in [2.75, 3.05) is 0 Å². The van der Waals surface area contributed by atoms with Crippen molar-refractivity contribution in [3.8, 4) is 39.5 Å². The monoisotopic (exact) mass is 1060 g/mol. The van der Waals surface area contributed by atoms with Crippen molar-refractivity contribution in [3.63, 3.8) is 0 Å². The van der Waals surface area contributed by atoms with Crippen molar-refractivity contribution >= 4 is 50.2 Å². The van der Waals surface area contributed by atoms with E-state index < -0.39 is 13.3 Å². The van der Waals surface area contributed by atoms with Crippen LogP contribution in [0.15, 0.2) is 115 Å². The zero-order chi connectivity index (χ0) is 42.9. The van der Waals surface area contributed by atoms with E-state index in [1.54, 1.807) is 15.7 Å². The van der Waals surface area contributed by atoms with Gasteiger partial charge in [-0.1, -0.05) is 96.5 Å². The molecule has 0 aliphatic rings. The van der Waals surface area contributed by atoms with Crippen LogP contribution >= 0.6 is 11.3 Å². The molecule has 4 nitrogen and oxygen atoms in total. The van der Waals surface area contributed by atoms with E-state index in [0.717, 1.165) is 55.3 Å². The second kappa shape index (κ2) is 19.0. The van der Waals surface area contributed by atoms with Crippen LogP contribution in [-0.4, -0.2) is 32.8 Å². The molecule has 0 spiro atoms. The van der Waals surface area contributed by atoms with Gasteiger partial charge in [-0.05, 0) is 68.6 Å². The standard InChI is InChI=1S/C36H36N3S.C18H24GeN.Ir/c1-22(2)27-20-25(24-14-9-8-10-15-24)21-28(23(3)4)32(27)39-31-19-12-11-17-29(31)37-34(39)26-16-13-18-30-33(26)40-35(38-30)36(5,6)7;1-14(2)11-16-12-18(15-9-7-6-8-10-15)20-13-17(16)19(3,4)5;/h8-15,17-23H,1-7H3;6-9,12-14H,11H2,1-5H3;/q2*-1;. The zero-order valence-electron chi connectivity index (χ0n) is 37.9. The summed E-state index contributed by atoms with van der Waals surface area (Å²) in [4.78, 5) is 15.0. The maximum absolute atomic E-state index is 5.27. The summed E-state index contributed by atoms with van der Waals surface area (Å²) in [6.07, 6.45) is 3.27. The Bertz CT molecular complexity index is 2710. The number of pyridine rings is 1. The number of benzene rings is 5. The molecule has 3 heterocycles. The fourth-order valence-electron chi connectivity index (χ4n) is 7.90. The van der Waals surface area contributed by atoms with Crippen molar-refractivity contribution in [2.45, 2.75) is 103 Å². The largest absolute Gasteiger partial charge is 0.333 e. The molecule has 0 amide bonds. The normalized spacial score (nSPS) is 12.0. The molecule has 3 aromatic heterocycles. The van der Waals surface area contributed by atoms with Gasteiger partial charge in [0.15, 0.2) is 0 Å². The van der Waals surface area contributed by atoms with E-state index in [1.165, 1.54) is 33.5 Å². The summed E-state index contributed by atoms with van der Waals surface area (Å²) in [5.74, 6) is 9.56. The molecule has 0 aliphatic heterocycles. The quantitative estimate of drug-likeness (QED) is 0.107. The van der Waals surface area contributed by atoms with Crippen LogP contribution in [0.4, 0.5) is 0 Å². The Kier molecular flexibility index (Phi) is 14.5. The minimum Gasteiger partial charge on any atom is -0.333 e. The van der Waals surface area contributed by atoms with E-state index >= 15 is 0 Å². The zero-order valence-corrected chi connectivity index (χ0v) is 43.2. The van der Waals surface area contributed by atoms with E-state index in [0.29, 0.717) is 17.8 Å². The summed E-state index contributed by atoms with van der Waals surface area (Å²) in [7, 11) is 0. The van der Waals surface area contributed by atoms with Crippen molar-refractivity contribution in [2.24, 2.45) is 5.92 Å². The summed E-state index contributed by atoms with van der Waals surface area (Å²) in [6, 6.07) is 45.3. The maximum atomic E-state index is 5.27. The first-order chi connectivity index (χ1) is 28.5. The van der Waals surface area contributed by atoms with Gasteiger partial charge in [0.05, 0.1) is 21.9 Å². The molecule has 0 unspecified atom stereocenters. The van der Waals surface area contributed by atoms with Gasteiger partial charge in [0, 0.05) is 31.2 Å². The first-order valence-electron chi connectivity index (χ1n) is 21.5. The Morgan fingerprint density at radius 2 is 1.36 bits per heavy atom. The molecule has 0 saturated carbocycles. The molecule has 0 aliphatic carbocycles. The molecule has 0 bridgehead atoms. The minimum absolute atomic E-state index is 0. The van der Waals surface area contributed by atoms with Gasteiger partial charge in [0.2, 0.25) is 0 Å². The van der Waals surface area contributed by atoms with Crippen molar-refractivity contribution in [3.05, 3.63) is 149 Å². The van der Waals surface area contributed by atoms with Gasteiger partial charge in [-0.25, -0.2) is 0 Å². The Morgan fingerprint density at radius 1 is 0.705 bits per heavy atom. The molecule has 0 N–H and O–H groups in total. The Balaban J connectivity index is 0.000000250. The number of nitrogens with zero attached hydrogens (tertiary/aromatic N) is 4. The van der Waals surface area contributed by atoms with E-state index in [2.05, 4.69) is 187 Å². The first-order valence-corrected chi connectivity index (χ1v) is 29.7. The molecular weight excluding hydrogens is 1000 g/mol. The number of imidazole rings is 1. The van der Waals surface area contributed by atoms with Crippen LogP contribution in [0, 0.1) is 18.1 Å². The minimum atomic E-state index is -1.86. The second-order valence-electron chi connectivity index (χ2n) is 19.1. The third-order valence-corrected chi connectivity index (χ3v) is 16.8. The number of fused-ring (bicyclic) bond motifs is 2. The SMILES string of the molecule is CC(C)Cc1cc(-c2[c-]cccc2)nc[c]1[Ge]([CH3])([CH3])[CH3].CC(C)c1cc(-c2ccccc2)cc(C(C)C)c1-n1c(-c2[c-]ccc3nc(C(C)(C)C)sc23)nc2ccccc21.[Ir]. The van der Waals surface area contributed by atoms with Gasteiger partial charge in [-0.2, -0.15) is 11.3 Å². The molecule has 1 radical (unpaired) electrons. The van der Waals surface area contributed by atoms with Crippen LogP contribution < -0.4 is 4.40 Å². The van der Waals surface area contributed by atoms with E-state index in [4.69, 9.17) is 15.0 Å². The molecule has 8 rings (SSSR count). The number of rotatable bonds is 9. The number of hydrogen-bond acceptors (Lipinski definition) is 4. The second-order valence-corrected chi connectivity index (χ2v) is 30.7. The summed E-state index contributed by atoms with van der Waals surface area (Å²) in [6.45, 7) is 20.4. The number of hydrogen-bond donors (Lipinski definition) is 0. The third-order valence-electron chi connectivity index (χ3n) is 10.9. The Hall–Kier alpha value is -4.20. The van der Waals surface area contributed by atoms with E-state index in [9.17, 15) is 0 Å². The fraction of sp³-hybridized carbons (Fsp3) is 0.315. The summed E-state index contributed by atoms with van der Waals surface area (Å²) < 4.78 is 5.08. The van der Waals surface area contributed by atoms with Crippen LogP contribution in [-0.2, 0) is 31.9 Å². The van der Waals surface area contributed by atoms with E-state index in [-0.39, 0.29) is 25.5 Å². The average molecular weight is 1060 g/mol. The number of aromatic nitrogens is 4. The molecular formula is C54H60GeIrN4S-2. The van der Waals surface area contributed by atoms with Crippen molar-refractivity contribution < 1.29 is 20.1 Å². The summed E-state index contributed by atoms with van der Waals surface area (Å²) in [5.41, 5.74) is 14.1. The van der Waals surface area contributed by atoms with Crippen LogP contribution in [0.2, 0.25) is 17.3 Å². The van der Waals surface area contributed by atoms with Crippen LogP contribution in [0.5, 0.6) is 0 Å². The molecule has 8 aromatic rings. The molecule has 0 atom stereocenters. The van der Waals surface area contributed by atoms with Crippen molar-refractivity contribution in [1.29, 1.82) is 0 Å². The Labute approximate surface area is 385 Å². The van der Waals surface area contributed by atoms with Crippen LogP contribution in [0.3, 0.4) is 0 Å². The van der Waals surface area contributed by atoms with Crippen LogP contribution in [0.1, 0.15) is 95.8 Å². The average Bonchev–Trinajstić information content (AvgIpc) is 3.83. The third kappa shape index (κ3) is 10.2. The molecule has 0 saturated heterocycles. The maximum Gasteiger partial charge on any atom is 0.0881 e. The van der Waals surface area contributed by atoms with E-state index in [1.807, 2.05) is 24.3 Å². The first kappa shape index (κ1) is 46.3. The van der Waals surface area contributed by atoms with Crippen LogP contribution in [0.25, 0.3) is 60.7 Å². The predicted molar refractivity (Wildman–Crippen MR) is 261 cm³/mol. The van der Waals surface area contributed by atoms with Gasteiger partial charge in [-0.15, -0.1) is 18.2 Å². The molecule has 0 fully saturated rings. The topological polar surface area (TPSA) is 43.6 Å². The van der Waals surface area contributed by atoms with Gasteiger partial charge < -0.3 is 4.57 Å². The Morgan fingerprint density at radius 3 is 1.97 bits per heavy atom. The summed E-state index contributed by atoms with van der Waals surface area (Å²) >= 11 is -0.0935. The number of thiazole rings is 1. The van der Waals surface area contributed by atoms with Gasteiger partial charge in [0.25, 0.3) is 0 Å². The molecule has 5 aromatic carbocycles. The molecule has 7 heteroatoms. The molecule has 61 heavy (non-hydrogen) atoms. The van der Waals surface area contributed by atoms with Gasteiger partial charge >= 0.3 is 126 Å². The number of para-hydroxylation sites is 2. The van der Waals surface area contributed by atoms with Gasteiger partial charge in [0.1, 0.15) is 0 Å². The van der Waals surface area contributed by atoms with Crippen molar-refractivity contribution in [1.82, 2.24) is 19.5 Å². The fourth-order valence-corrected chi connectivity index (χ4v) is 12.3.